The van der Waals surface area contributed by atoms with Crippen LogP contribution in [0.4, 0.5) is 5.00 Å². The molecule has 0 fully saturated rings. The van der Waals surface area contributed by atoms with Crippen molar-refractivity contribution in [3.8, 4) is 0 Å². The van der Waals surface area contributed by atoms with E-state index in [-0.39, 0.29) is 25.0 Å². The molecule has 1 aromatic rings. The van der Waals surface area contributed by atoms with E-state index in [1.54, 1.807) is 6.92 Å². The summed E-state index contributed by atoms with van der Waals surface area (Å²) < 4.78 is 5.17. The zero-order valence-electron chi connectivity index (χ0n) is 13.5. The number of hydrogen-bond donors (Lipinski definition) is 3. The van der Waals surface area contributed by atoms with Crippen LogP contribution in [0, 0.1) is 0 Å². The number of hydrogen-bond acceptors (Lipinski definition) is 5. The summed E-state index contributed by atoms with van der Waals surface area (Å²) in [6.07, 6.45) is 4.69. The fraction of sp³-hybridized carbons (Fsp3) is 0.625. The van der Waals surface area contributed by atoms with Crippen LogP contribution in [0.5, 0.6) is 0 Å². The van der Waals surface area contributed by atoms with Crippen molar-refractivity contribution in [1.82, 2.24) is 0 Å². The van der Waals surface area contributed by atoms with Gasteiger partial charge in [-0.3, -0.25) is 4.79 Å². The number of rotatable bonds is 8. The SMILES string of the molecule is CCOC(=O)c1c(NC(=O)C[NH2+]CCCO)sc2c1CCCC2. The number of ether oxygens (including phenoxy) is 1. The van der Waals surface area contributed by atoms with Crippen LogP contribution in [-0.2, 0) is 22.4 Å². The van der Waals surface area contributed by atoms with Crippen molar-refractivity contribution in [2.75, 3.05) is 31.6 Å². The van der Waals surface area contributed by atoms with Crippen molar-refractivity contribution in [3.05, 3.63) is 16.0 Å². The molecule has 4 N–H and O–H groups in total. The lowest BCUT2D eigenvalue weighted by Crippen LogP contribution is -2.86. The summed E-state index contributed by atoms with van der Waals surface area (Å²) in [4.78, 5) is 25.5. The second kappa shape index (κ2) is 9.00. The molecule has 0 bridgehead atoms. The number of aliphatic hydroxyl groups excluding tert-OH is 1. The monoisotopic (exact) mass is 341 g/mol. The predicted molar refractivity (Wildman–Crippen MR) is 88.9 cm³/mol. The number of anilines is 1. The number of quaternary nitrogens is 1. The lowest BCUT2D eigenvalue weighted by molar-refractivity contribution is -0.644. The average Bonchev–Trinajstić information content (AvgIpc) is 2.89. The number of carbonyl (C=O) groups is 2. The molecule has 2 rings (SSSR count). The van der Waals surface area contributed by atoms with Gasteiger partial charge in [-0.15, -0.1) is 11.3 Å². The smallest absolute Gasteiger partial charge is 0.341 e. The number of esters is 1. The average molecular weight is 341 g/mol. The van der Waals surface area contributed by atoms with Crippen LogP contribution in [0.15, 0.2) is 0 Å². The molecule has 0 unspecified atom stereocenters. The van der Waals surface area contributed by atoms with Crippen molar-refractivity contribution in [1.29, 1.82) is 0 Å². The van der Waals surface area contributed by atoms with E-state index in [0.717, 1.165) is 31.2 Å². The van der Waals surface area contributed by atoms with Crippen molar-refractivity contribution in [3.63, 3.8) is 0 Å². The van der Waals surface area contributed by atoms with Crippen LogP contribution < -0.4 is 10.6 Å². The van der Waals surface area contributed by atoms with Gasteiger partial charge in [0.2, 0.25) is 0 Å². The number of nitrogens with one attached hydrogen (secondary N) is 1. The second-order valence-electron chi connectivity index (χ2n) is 5.54. The van der Waals surface area contributed by atoms with E-state index in [2.05, 4.69) is 5.32 Å². The molecule has 1 aliphatic carbocycles. The molecular weight excluding hydrogens is 316 g/mol. The fourth-order valence-electron chi connectivity index (χ4n) is 2.72. The third-order valence-electron chi connectivity index (χ3n) is 3.80. The quantitative estimate of drug-likeness (QED) is 0.479. The van der Waals surface area contributed by atoms with Crippen LogP contribution in [0.2, 0.25) is 0 Å². The Morgan fingerprint density at radius 2 is 2.13 bits per heavy atom. The first-order valence-corrected chi connectivity index (χ1v) is 9.03. The molecule has 0 saturated carbocycles. The van der Waals surface area contributed by atoms with E-state index in [4.69, 9.17) is 9.84 Å². The molecule has 0 spiro atoms. The van der Waals surface area contributed by atoms with Gasteiger partial charge in [0.25, 0.3) is 5.91 Å². The van der Waals surface area contributed by atoms with Crippen LogP contribution in [0.1, 0.15) is 47.0 Å². The third kappa shape index (κ3) is 4.76. The van der Waals surface area contributed by atoms with Gasteiger partial charge in [-0.2, -0.15) is 0 Å². The number of fused-ring (bicyclic) bond motifs is 1. The largest absolute Gasteiger partial charge is 0.462 e. The molecule has 0 radical (unpaired) electrons. The lowest BCUT2D eigenvalue weighted by atomic mass is 9.95. The van der Waals surface area contributed by atoms with E-state index in [1.165, 1.54) is 16.2 Å². The van der Waals surface area contributed by atoms with Crippen molar-refractivity contribution in [2.24, 2.45) is 0 Å². The molecule has 128 valence electrons. The van der Waals surface area contributed by atoms with Crippen LogP contribution in [-0.4, -0.2) is 43.3 Å². The summed E-state index contributed by atoms with van der Waals surface area (Å²) in [5, 5.41) is 14.1. The fourth-order valence-corrected chi connectivity index (χ4v) is 4.01. The highest BCUT2D eigenvalue weighted by molar-refractivity contribution is 7.17. The standard InChI is InChI=1S/C16H24N2O4S/c1-2-22-16(21)14-11-6-3-4-7-12(11)23-15(14)18-13(20)10-17-8-5-9-19/h17,19H,2-10H2,1H3,(H,18,20)/p+1. The van der Waals surface area contributed by atoms with Crippen LogP contribution >= 0.6 is 11.3 Å². The topological polar surface area (TPSA) is 92.2 Å². The normalized spacial score (nSPS) is 13.5. The molecule has 0 atom stereocenters. The summed E-state index contributed by atoms with van der Waals surface area (Å²) in [5.41, 5.74) is 1.61. The number of nitrogens with two attached hydrogens (primary N) is 1. The maximum absolute atomic E-state index is 12.3. The summed E-state index contributed by atoms with van der Waals surface area (Å²) in [7, 11) is 0. The first kappa shape index (κ1) is 17.9. The van der Waals surface area contributed by atoms with Gasteiger partial charge in [-0.25, -0.2) is 4.79 Å². The van der Waals surface area contributed by atoms with E-state index in [9.17, 15) is 9.59 Å². The highest BCUT2D eigenvalue weighted by Gasteiger charge is 2.27. The first-order valence-electron chi connectivity index (χ1n) is 8.21. The summed E-state index contributed by atoms with van der Waals surface area (Å²) in [6, 6.07) is 0. The Bertz CT molecular complexity index is 557. The third-order valence-corrected chi connectivity index (χ3v) is 5.01. The summed E-state index contributed by atoms with van der Waals surface area (Å²) >= 11 is 1.50. The Balaban J connectivity index is 2.09. The van der Waals surface area contributed by atoms with Crippen LogP contribution in [0.25, 0.3) is 0 Å². The Kier molecular flexibility index (Phi) is 7.01. The van der Waals surface area contributed by atoms with Gasteiger partial charge in [0, 0.05) is 17.9 Å². The van der Waals surface area contributed by atoms with Gasteiger partial charge in [0.05, 0.1) is 18.7 Å². The van der Waals surface area contributed by atoms with Gasteiger partial charge in [-0.05, 0) is 38.2 Å². The van der Waals surface area contributed by atoms with Gasteiger partial charge in [-0.1, -0.05) is 0 Å². The molecular formula is C16H25N2O4S+. The highest BCUT2D eigenvalue weighted by atomic mass is 32.1. The van der Waals surface area contributed by atoms with E-state index >= 15 is 0 Å². The minimum atomic E-state index is -0.341. The maximum atomic E-state index is 12.3. The number of aryl methyl sites for hydroxylation is 1. The zero-order valence-corrected chi connectivity index (χ0v) is 14.3. The molecule has 0 aromatic carbocycles. The molecule has 1 amide bonds. The molecule has 1 heterocycles. The molecule has 0 aliphatic heterocycles. The predicted octanol–water partition coefficient (Wildman–Crippen LogP) is 0.688. The van der Waals surface area contributed by atoms with E-state index < -0.39 is 0 Å². The second-order valence-corrected chi connectivity index (χ2v) is 6.65. The zero-order chi connectivity index (χ0) is 16.7. The van der Waals surface area contributed by atoms with Gasteiger partial charge in [0.1, 0.15) is 5.00 Å². The van der Waals surface area contributed by atoms with Gasteiger partial charge in [0.15, 0.2) is 6.54 Å². The summed E-state index contributed by atoms with van der Waals surface area (Å²) in [5.74, 6) is -0.474. The molecule has 6 nitrogen and oxygen atoms in total. The Hall–Kier alpha value is -1.44. The van der Waals surface area contributed by atoms with Crippen molar-refractivity contribution >= 4 is 28.2 Å². The number of aliphatic hydroxyl groups is 1. The van der Waals surface area contributed by atoms with Crippen molar-refractivity contribution in [2.45, 2.75) is 39.0 Å². The maximum Gasteiger partial charge on any atom is 0.341 e. The van der Waals surface area contributed by atoms with Crippen LogP contribution in [0.3, 0.4) is 0 Å². The van der Waals surface area contributed by atoms with Gasteiger partial charge >= 0.3 is 5.97 Å². The Morgan fingerprint density at radius 3 is 2.87 bits per heavy atom. The van der Waals surface area contributed by atoms with E-state index in [1.807, 2.05) is 5.32 Å². The number of carbonyl (C=O) groups excluding carboxylic acids is 2. The Morgan fingerprint density at radius 1 is 1.35 bits per heavy atom. The summed E-state index contributed by atoms with van der Waals surface area (Å²) in [6.45, 7) is 3.22. The molecule has 1 aromatic heterocycles. The first-order chi connectivity index (χ1) is 11.2. The minimum Gasteiger partial charge on any atom is -0.462 e. The van der Waals surface area contributed by atoms with E-state index in [0.29, 0.717) is 30.1 Å². The lowest BCUT2D eigenvalue weighted by Gasteiger charge is -2.12. The minimum absolute atomic E-state index is 0.128. The van der Waals surface area contributed by atoms with Crippen molar-refractivity contribution < 1.29 is 24.7 Å². The molecule has 1 aliphatic rings. The Labute approximate surface area is 140 Å². The number of thiophene rings is 1. The molecule has 0 saturated heterocycles. The number of amides is 1. The molecule has 7 heteroatoms. The molecule has 23 heavy (non-hydrogen) atoms. The highest BCUT2D eigenvalue weighted by Crippen LogP contribution is 2.38. The van der Waals surface area contributed by atoms with Gasteiger partial charge < -0.3 is 20.5 Å².